The van der Waals surface area contributed by atoms with Crippen LogP contribution >= 0.6 is 0 Å². The Bertz CT molecular complexity index is 579. The molecule has 0 unspecified atom stereocenters. The Labute approximate surface area is 111 Å². The number of nitrogens with zero attached hydrogens (tertiary/aromatic N) is 2. The zero-order valence-electron chi connectivity index (χ0n) is 11.1. The Morgan fingerprint density at radius 3 is 2.42 bits per heavy atom. The predicted molar refractivity (Wildman–Crippen MR) is 71.0 cm³/mol. The molecule has 0 amide bonds. The van der Waals surface area contributed by atoms with Gasteiger partial charge in [0.05, 0.1) is 6.20 Å². The first-order valence-corrected chi connectivity index (χ1v) is 5.92. The first kappa shape index (κ1) is 13.1. The molecule has 0 fully saturated rings. The molecule has 0 aliphatic rings. The summed E-state index contributed by atoms with van der Waals surface area (Å²) in [7, 11) is 0. The highest BCUT2D eigenvalue weighted by molar-refractivity contribution is 5.72. The van der Waals surface area contributed by atoms with E-state index in [0.29, 0.717) is 0 Å². The van der Waals surface area contributed by atoms with Crippen LogP contribution in [0, 0.1) is 0 Å². The third kappa shape index (κ3) is 3.34. The van der Waals surface area contributed by atoms with Crippen molar-refractivity contribution in [2.45, 2.75) is 26.4 Å². The first-order valence-electron chi connectivity index (χ1n) is 5.92. The van der Waals surface area contributed by atoms with Crippen LogP contribution in [0.15, 0.2) is 36.7 Å². The van der Waals surface area contributed by atoms with Gasteiger partial charge in [-0.05, 0) is 38.5 Å². The van der Waals surface area contributed by atoms with Crippen LogP contribution in [0.4, 0.5) is 4.79 Å². The molecule has 0 aliphatic carbocycles. The molecule has 1 heterocycles. The van der Waals surface area contributed by atoms with Gasteiger partial charge in [-0.1, -0.05) is 12.1 Å². The monoisotopic (exact) mass is 260 g/mol. The highest BCUT2D eigenvalue weighted by atomic mass is 16.6. The number of phenolic OH excluding ortho intramolecular Hbond substituents is 1. The molecule has 1 aromatic heterocycles. The van der Waals surface area contributed by atoms with Gasteiger partial charge in [0.15, 0.2) is 0 Å². The fourth-order valence-corrected chi connectivity index (χ4v) is 1.53. The van der Waals surface area contributed by atoms with Gasteiger partial charge in [-0.2, -0.15) is 9.78 Å². The van der Waals surface area contributed by atoms with Gasteiger partial charge in [-0.3, -0.25) is 0 Å². The first-order chi connectivity index (χ1) is 8.85. The van der Waals surface area contributed by atoms with Crippen LogP contribution < -0.4 is 0 Å². The predicted octanol–water partition coefficient (Wildman–Crippen LogP) is 3.04. The van der Waals surface area contributed by atoms with Crippen molar-refractivity contribution in [2.75, 3.05) is 0 Å². The molecule has 2 aromatic rings. The number of hydrogen-bond donors (Lipinski definition) is 1. The summed E-state index contributed by atoms with van der Waals surface area (Å²) in [5.41, 5.74) is 1.10. The van der Waals surface area contributed by atoms with E-state index in [1.54, 1.807) is 57.4 Å². The van der Waals surface area contributed by atoms with Gasteiger partial charge in [-0.25, -0.2) is 4.79 Å². The molecule has 0 aliphatic heterocycles. The van der Waals surface area contributed by atoms with Crippen LogP contribution in [0.3, 0.4) is 0 Å². The average molecular weight is 260 g/mol. The lowest BCUT2D eigenvalue weighted by molar-refractivity contribution is 0.0514. The van der Waals surface area contributed by atoms with Crippen LogP contribution in [0.25, 0.3) is 11.1 Å². The summed E-state index contributed by atoms with van der Waals surface area (Å²) in [5.74, 6) is 0.197. The van der Waals surface area contributed by atoms with E-state index < -0.39 is 11.7 Å². The van der Waals surface area contributed by atoms with Crippen LogP contribution in [0.5, 0.6) is 5.75 Å². The van der Waals surface area contributed by atoms with Gasteiger partial charge in [-0.15, -0.1) is 0 Å². The highest BCUT2D eigenvalue weighted by Crippen LogP contribution is 2.21. The Morgan fingerprint density at radius 2 is 1.84 bits per heavy atom. The van der Waals surface area contributed by atoms with Crippen LogP contribution in [0.1, 0.15) is 20.8 Å². The summed E-state index contributed by atoms with van der Waals surface area (Å²) >= 11 is 0. The molecular weight excluding hydrogens is 244 g/mol. The normalized spacial score (nSPS) is 11.3. The number of aromatic hydroxyl groups is 1. The minimum atomic E-state index is -0.554. The number of rotatable bonds is 1. The summed E-state index contributed by atoms with van der Waals surface area (Å²) in [6, 6.07) is 6.68. The maximum Gasteiger partial charge on any atom is 0.435 e. The quantitative estimate of drug-likeness (QED) is 0.856. The van der Waals surface area contributed by atoms with Crippen LogP contribution in [-0.2, 0) is 4.74 Å². The molecule has 0 bridgehead atoms. The fourth-order valence-electron chi connectivity index (χ4n) is 1.53. The van der Waals surface area contributed by atoms with Gasteiger partial charge < -0.3 is 9.84 Å². The van der Waals surface area contributed by atoms with Crippen molar-refractivity contribution in [3.8, 4) is 16.9 Å². The number of carbonyl (C=O) groups excluding carboxylic acids is 1. The number of hydrogen-bond acceptors (Lipinski definition) is 4. The molecule has 0 saturated carbocycles. The zero-order chi connectivity index (χ0) is 14.0. The van der Waals surface area contributed by atoms with E-state index in [1.165, 1.54) is 0 Å². The molecule has 5 nitrogen and oxygen atoms in total. The molecule has 0 spiro atoms. The summed E-state index contributed by atoms with van der Waals surface area (Å²) in [6.45, 7) is 5.40. The Hall–Kier alpha value is -2.30. The van der Waals surface area contributed by atoms with Crippen molar-refractivity contribution in [1.82, 2.24) is 9.78 Å². The largest absolute Gasteiger partial charge is 0.508 e. The maximum absolute atomic E-state index is 11.8. The van der Waals surface area contributed by atoms with Gasteiger partial charge in [0.1, 0.15) is 11.4 Å². The zero-order valence-corrected chi connectivity index (χ0v) is 11.1. The van der Waals surface area contributed by atoms with Crippen molar-refractivity contribution in [2.24, 2.45) is 0 Å². The Kier molecular flexibility index (Phi) is 3.29. The molecule has 100 valence electrons. The number of phenols is 1. The van der Waals surface area contributed by atoms with E-state index in [2.05, 4.69) is 5.10 Å². The molecule has 19 heavy (non-hydrogen) atoms. The number of benzene rings is 1. The summed E-state index contributed by atoms with van der Waals surface area (Å²) in [6.07, 6.45) is 2.66. The minimum absolute atomic E-state index is 0.197. The van der Waals surface area contributed by atoms with Crippen molar-refractivity contribution in [3.05, 3.63) is 36.7 Å². The third-order valence-corrected chi connectivity index (χ3v) is 2.36. The topological polar surface area (TPSA) is 64.3 Å². The molecule has 5 heteroatoms. The molecule has 0 radical (unpaired) electrons. The van der Waals surface area contributed by atoms with Crippen molar-refractivity contribution in [1.29, 1.82) is 0 Å². The number of aromatic nitrogens is 2. The van der Waals surface area contributed by atoms with Crippen LogP contribution in [-0.4, -0.2) is 26.6 Å². The lowest BCUT2D eigenvalue weighted by Crippen LogP contribution is -2.27. The summed E-state index contributed by atoms with van der Waals surface area (Å²) in [4.78, 5) is 11.8. The third-order valence-electron chi connectivity index (χ3n) is 2.36. The van der Waals surface area contributed by atoms with E-state index in [4.69, 9.17) is 4.74 Å². The smallest absolute Gasteiger partial charge is 0.435 e. The Morgan fingerprint density at radius 1 is 1.21 bits per heavy atom. The minimum Gasteiger partial charge on any atom is -0.508 e. The average Bonchev–Trinajstić information content (AvgIpc) is 2.77. The lowest BCUT2D eigenvalue weighted by atomic mass is 10.1. The SMILES string of the molecule is CC(C)(C)OC(=O)n1cc(-c2ccc(O)cc2)cn1. The Balaban J connectivity index is 2.19. The van der Waals surface area contributed by atoms with Crippen molar-refractivity contribution < 1.29 is 14.6 Å². The van der Waals surface area contributed by atoms with Crippen molar-refractivity contribution in [3.63, 3.8) is 0 Å². The highest BCUT2D eigenvalue weighted by Gasteiger charge is 2.18. The second-order valence-corrected chi connectivity index (χ2v) is 5.20. The van der Waals surface area contributed by atoms with Crippen LogP contribution in [0.2, 0.25) is 0 Å². The van der Waals surface area contributed by atoms with Gasteiger partial charge in [0.2, 0.25) is 0 Å². The number of carbonyl (C=O) groups is 1. The molecule has 0 atom stereocenters. The van der Waals surface area contributed by atoms with Gasteiger partial charge >= 0.3 is 6.09 Å². The molecule has 0 saturated heterocycles. The van der Waals surface area contributed by atoms with E-state index in [0.717, 1.165) is 15.8 Å². The van der Waals surface area contributed by atoms with E-state index >= 15 is 0 Å². The van der Waals surface area contributed by atoms with E-state index in [1.807, 2.05) is 0 Å². The second-order valence-electron chi connectivity index (χ2n) is 5.20. The van der Waals surface area contributed by atoms with E-state index in [9.17, 15) is 9.90 Å². The summed E-state index contributed by atoms with van der Waals surface area (Å²) < 4.78 is 6.37. The molecule has 2 rings (SSSR count). The second kappa shape index (κ2) is 4.76. The van der Waals surface area contributed by atoms with Gasteiger partial charge in [0.25, 0.3) is 0 Å². The van der Waals surface area contributed by atoms with Crippen molar-refractivity contribution >= 4 is 6.09 Å². The summed E-state index contributed by atoms with van der Waals surface area (Å²) in [5, 5.41) is 13.2. The van der Waals surface area contributed by atoms with E-state index in [-0.39, 0.29) is 5.75 Å². The molecular formula is C14H16N2O3. The van der Waals surface area contributed by atoms with Gasteiger partial charge in [0, 0.05) is 11.8 Å². The number of ether oxygens (including phenoxy) is 1. The lowest BCUT2D eigenvalue weighted by Gasteiger charge is -2.18. The molecule has 1 aromatic carbocycles. The maximum atomic E-state index is 11.8. The molecule has 1 N–H and O–H groups in total. The fraction of sp³-hybridized carbons (Fsp3) is 0.286. The standard InChI is InChI=1S/C14H16N2O3/c1-14(2,3)19-13(18)16-9-11(8-15-16)10-4-6-12(17)7-5-10/h4-9,17H,1-3H3.